The van der Waals surface area contributed by atoms with Crippen molar-refractivity contribution in [3.05, 3.63) is 35.9 Å². The lowest BCUT2D eigenvalue weighted by Gasteiger charge is -2.15. The molecule has 0 aromatic carbocycles. The molecule has 0 aliphatic heterocycles. The van der Waals surface area contributed by atoms with Crippen LogP contribution in [0.2, 0.25) is 0 Å². The second-order valence-corrected chi connectivity index (χ2v) is 6.88. The molecule has 2 aromatic rings. The molecule has 0 spiro atoms. The summed E-state index contributed by atoms with van der Waals surface area (Å²) in [5.74, 6) is -0.198. The van der Waals surface area contributed by atoms with E-state index >= 15 is 0 Å². The lowest BCUT2D eigenvalue weighted by atomic mass is 9.92. The van der Waals surface area contributed by atoms with Gasteiger partial charge in [-0.15, -0.1) is 0 Å². The molecule has 0 aliphatic rings. The van der Waals surface area contributed by atoms with Gasteiger partial charge in [0.25, 0.3) is 0 Å². The zero-order valence-corrected chi connectivity index (χ0v) is 17.3. The first-order valence-electron chi connectivity index (χ1n) is 10.3. The Balaban J connectivity index is 1.75. The van der Waals surface area contributed by atoms with Crippen molar-refractivity contribution in [1.82, 2.24) is 19.9 Å². The molecule has 158 valence electrons. The first-order chi connectivity index (χ1) is 14.1. The molecule has 0 bridgehead atoms. The van der Waals surface area contributed by atoms with E-state index in [2.05, 4.69) is 25.3 Å². The number of carboxylic acid groups (broad SMARTS) is 1. The third kappa shape index (κ3) is 8.41. The molecule has 2 N–H and O–H groups in total. The maximum Gasteiger partial charge on any atom is 0.316 e. The standard InChI is InChI=1S/C21H31N5O3/c1-3-22-20-23-12-11-18(26-20)10-8-6-5-7-9-16(13-19(27)28)17-14-24-21(25-15-17)29-4-2/h11-12,14-16H,3-10,13H2,1-2H3,(H,27,28)(H,22,23,26)/t16-/m1/s1. The van der Waals surface area contributed by atoms with Gasteiger partial charge in [0.1, 0.15) is 0 Å². The van der Waals surface area contributed by atoms with Gasteiger partial charge in [-0.2, -0.15) is 0 Å². The molecule has 0 unspecified atom stereocenters. The number of carboxylic acids is 1. The van der Waals surface area contributed by atoms with Gasteiger partial charge in [0.15, 0.2) is 0 Å². The van der Waals surface area contributed by atoms with E-state index in [1.165, 1.54) is 0 Å². The zero-order valence-electron chi connectivity index (χ0n) is 17.3. The Labute approximate surface area is 172 Å². The van der Waals surface area contributed by atoms with Crippen LogP contribution in [0.15, 0.2) is 24.7 Å². The fourth-order valence-electron chi connectivity index (χ4n) is 3.17. The summed E-state index contributed by atoms with van der Waals surface area (Å²) in [6.45, 7) is 5.20. The SMILES string of the molecule is CCNc1nccc(CCCCCC[C@H](CC(=O)O)c2cnc(OCC)nc2)n1. The highest BCUT2D eigenvalue weighted by molar-refractivity contribution is 5.68. The molecule has 0 aliphatic carbocycles. The molecule has 0 fully saturated rings. The van der Waals surface area contributed by atoms with Crippen LogP contribution in [0.3, 0.4) is 0 Å². The van der Waals surface area contributed by atoms with E-state index in [1.54, 1.807) is 18.6 Å². The normalized spacial score (nSPS) is 11.8. The molecule has 2 heterocycles. The highest BCUT2D eigenvalue weighted by Gasteiger charge is 2.16. The van der Waals surface area contributed by atoms with E-state index < -0.39 is 5.97 Å². The minimum atomic E-state index is -0.802. The molecule has 29 heavy (non-hydrogen) atoms. The van der Waals surface area contributed by atoms with Crippen LogP contribution in [0.25, 0.3) is 0 Å². The summed E-state index contributed by atoms with van der Waals surface area (Å²) < 4.78 is 5.25. The highest BCUT2D eigenvalue weighted by Crippen LogP contribution is 2.26. The van der Waals surface area contributed by atoms with E-state index in [4.69, 9.17) is 4.74 Å². The Morgan fingerprint density at radius 1 is 1.14 bits per heavy atom. The summed E-state index contributed by atoms with van der Waals surface area (Å²) in [5.41, 5.74) is 1.90. The number of hydrogen-bond acceptors (Lipinski definition) is 7. The lowest BCUT2D eigenvalue weighted by molar-refractivity contribution is -0.137. The van der Waals surface area contributed by atoms with Crippen molar-refractivity contribution in [1.29, 1.82) is 0 Å². The predicted molar refractivity (Wildman–Crippen MR) is 111 cm³/mol. The summed E-state index contributed by atoms with van der Waals surface area (Å²) >= 11 is 0. The van der Waals surface area contributed by atoms with Crippen molar-refractivity contribution in [3.8, 4) is 6.01 Å². The monoisotopic (exact) mass is 401 g/mol. The van der Waals surface area contributed by atoms with Crippen LogP contribution >= 0.6 is 0 Å². The van der Waals surface area contributed by atoms with Gasteiger partial charge in [-0.25, -0.2) is 19.9 Å². The van der Waals surface area contributed by atoms with E-state index in [1.807, 2.05) is 19.9 Å². The zero-order chi connectivity index (χ0) is 20.9. The topological polar surface area (TPSA) is 110 Å². The van der Waals surface area contributed by atoms with Gasteiger partial charge in [0.05, 0.1) is 13.0 Å². The maximum atomic E-state index is 11.2. The summed E-state index contributed by atoms with van der Waals surface area (Å²) in [5, 5.41) is 12.4. The molecule has 2 rings (SSSR count). The first kappa shape index (κ1) is 22.5. The van der Waals surface area contributed by atoms with Crippen LogP contribution in [0.4, 0.5) is 5.95 Å². The van der Waals surface area contributed by atoms with Crippen LogP contribution in [0.1, 0.15) is 69.5 Å². The highest BCUT2D eigenvalue weighted by atomic mass is 16.5. The third-order valence-electron chi connectivity index (χ3n) is 4.60. The van der Waals surface area contributed by atoms with E-state index in [9.17, 15) is 9.90 Å². The van der Waals surface area contributed by atoms with E-state index in [-0.39, 0.29) is 12.3 Å². The molecule has 0 radical (unpaired) electrons. The van der Waals surface area contributed by atoms with Crippen LogP contribution in [0, 0.1) is 0 Å². The summed E-state index contributed by atoms with van der Waals surface area (Å²) in [6.07, 6.45) is 11.1. The van der Waals surface area contributed by atoms with E-state index in [0.717, 1.165) is 56.3 Å². The molecule has 1 atom stereocenters. The van der Waals surface area contributed by atoms with Gasteiger partial charge in [-0.1, -0.05) is 19.3 Å². The quantitative estimate of drug-likeness (QED) is 0.459. The Bertz CT molecular complexity index is 739. The fraction of sp³-hybridized carbons (Fsp3) is 0.571. The van der Waals surface area contributed by atoms with Crippen LogP contribution in [-0.2, 0) is 11.2 Å². The molecule has 0 saturated heterocycles. The van der Waals surface area contributed by atoms with Gasteiger partial charge < -0.3 is 15.2 Å². The minimum absolute atomic E-state index is 0.0762. The second kappa shape index (κ2) is 12.6. The van der Waals surface area contributed by atoms with Crippen molar-refractivity contribution >= 4 is 11.9 Å². The summed E-state index contributed by atoms with van der Waals surface area (Å²) in [6, 6.07) is 2.28. The number of unbranched alkanes of at least 4 members (excludes halogenated alkanes) is 3. The number of aromatic nitrogens is 4. The van der Waals surface area contributed by atoms with Gasteiger partial charge >= 0.3 is 12.0 Å². The minimum Gasteiger partial charge on any atom is -0.481 e. The number of nitrogens with zero attached hydrogens (tertiary/aromatic N) is 4. The van der Waals surface area contributed by atoms with Crippen LogP contribution < -0.4 is 10.1 Å². The number of hydrogen-bond donors (Lipinski definition) is 2. The lowest BCUT2D eigenvalue weighted by Crippen LogP contribution is -2.08. The van der Waals surface area contributed by atoms with Gasteiger partial charge in [0, 0.05) is 30.8 Å². The third-order valence-corrected chi connectivity index (χ3v) is 4.60. The fourth-order valence-corrected chi connectivity index (χ4v) is 3.17. The number of aryl methyl sites for hydroxylation is 1. The van der Waals surface area contributed by atoms with Crippen molar-refractivity contribution in [3.63, 3.8) is 0 Å². The molecule has 8 nitrogen and oxygen atoms in total. The second-order valence-electron chi connectivity index (χ2n) is 6.88. The van der Waals surface area contributed by atoms with E-state index in [0.29, 0.717) is 18.6 Å². The molecular weight excluding hydrogens is 370 g/mol. The predicted octanol–water partition coefficient (Wildman–Crippen LogP) is 3.85. The maximum absolute atomic E-state index is 11.2. The smallest absolute Gasteiger partial charge is 0.316 e. The molecule has 2 aromatic heterocycles. The number of anilines is 1. The van der Waals surface area contributed by atoms with Crippen molar-refractivity contribution in [2.75, 3.05) is 18.5 Å². The van der Waals surface area contributed by atoms with Crippen molar-refractivity contribution < 1.29 is 14.6 Å². The molecular formula is C21H31N5O3. The van der Waals surface area contributed by atoms with Gasteiger partial charge in [0.2, 0.25) is 5.95 Å². The van der Waals surface area contributed by atoms with Crippen molar-refractivity contribution in [2.24, 2.45) is 0 Å². The first-order valence-corrected chi connectivity index (χ1v) is 10.3. The van der Waals surface area contributed by atoms with Crippen LogP contribution in [-0.4, -0.2) is 44.2 Å². The Kier molecular flexibility index (Phi) is 9.82. The van der Waals surface area contributed by atoms with Crippen LogP contribution in [0.5, 0.6) is 6.01 Å². The Hall–Kier alpha value is -2.77. The average Bonchev–Trinajstić information content (AvgIpc) is 2.71. The number of aliphatic carboxylic acids is 1. The van der Waals surface area contributed by atoms with Gasteiger partial charge in [-0.05, 0) is 50.7 Å². The molecule has 0 saturated carbocycles. The number of carbonyl (C=O) groups is 1. The van der Waals surface area contributed by atoms with Gasteiger partial charge in [-0.3, -0.25) is 4.79 Å². The number of nitrogens with one attached hydrogen (secondary N) is 1. The summed E-state index contributed by atoms with van der Waals surface area (Å²) in [4.78, 5) is 28.2. The van der Waals surface area contributed by atoms with Crippen molar-refractivity contribution in [2.45, 2.75) is 64.7 Å². The Morgan fingerprint density at radius 3 is 2.59 bits per heavy atom. The number of rotatable bonds is 14. The largest absolute Gasteiger partial charge is 0.481 e. The molecule has 0 amide bonds. The average molecular weight is 402 g/mol. The number of ether oxygens (including phenoxy) is 1. The Morgan fingerprint density at radius 2 is 1.90 bits per heavy atom. The summed E-state index contributed by atoms with van der Waals surface area (Å²) in [7, 11) is 0. The molecule has 8 heteroatoms.